The Balaban J connectivity index is 1.56. The average molecular weight is 532 g/mol. The first-order chi connectivity index (χ1) is 18.0. The van der Waals surface area contributed by atoms with Gasteiger partial charge in [-0.25, -0.2) is 14.2 Å². The van der Waals surface area contributed by atoms with Crippen molar-refractivity contribution in [3.05, 3.63) is 54.0 Å². The molecular weight excluding hydrogens is 508 g/mol. The molecule has 38 heavy (non-hydrogen) atoms. The minimum atomic E-state index is -4.62. The predicted molar refractivity (Wildman–Crippen MR) is 129 cm³/mol. The van der Waals surface area contributed by atoms with Crippen LogP contribution in [0.4, 0.5) is 22.4 Å². The van der Waals surface area contributed by atoms with Gasteiger partial charge in [0.2, 0.25) is 0 Å². The van der Waals surface area contributed by atoms with Gasteiger partial charge in [0.05, 0.1) is 6.10 Å². The van der Waals surface area contributed by atoms with Crippen molar-refractivity contribution >= 4 is 22.6 Å². The molecule has 0 spiro atoms. The number of carboxylic acid groups (broad SMARTS) is 1. The second-order valence-electron chi connectivity index (χ2n) is 9.43. The first-order valence-corrected chi connectivity index (χ1v) is 11.9. The third-order valence-corrected chi connectivity index (χ3v) is 6.28. The minimum Gasteiger partial charge on any atom is -0.489 e. The van der Waals surface area contributed by atoms with E-state index in [2.05, 4.69) is 20.5 Å². The summed E-state index contributed by atoms with van der Waals surface area (Å²) in [5.74, 6) is -0.0421. The van der Waals surface area contributed by atoms with Crippen LogP contribution < -0.4 is 10.1 Å². The molecule has 2 N–H and O–H groups in total. The summed E-state index contributed by atoms with van der Waals surface area (Å²) in [7, 11) is 0. The van der Waals surface area contributed by atoms with E-state index < -0.39 is 30.2 Å². The number of rotatable bonds is 6. The van der Waals surface area contributed by atoms with Gasteiger partial charge < -0.3 is 15.2 Å². The summed E-state index contributed by atoms with van der Waals surface area (Å²) >= 11 is 0. The fourth-order valence-corrected chi connectivity index (χ4v) is 4.80. The molecule has 13 heteroatoms. The van der Waals surface area contributed by atoms with Gasteiger partial charge in [0.1, 0.15) is 28.8 Å². The summed E-state index contributed by atoms with van der Waals surface area (Å²) in [5, 5.41) is 19.9. The molecule has 4 aromatic rings. The van der Waals surface area contributed by atoms with E-state index in [1.807, 2.05) is 0 Å². The van der Waals surface area contributed by atoms with E-state index in [-0.39, 0.29) is 42.8 Å². The maximum absolute atomic E-state index is 14.3. The van der Waals surface area contributed by atoms with E-state index in [1.165, 1.54) is 39.8 Å². The summed E-state index contributed by atoms with van der Waals surface area (Å²) in [6.07, 6.45) is -4.54. The number of nitrogens with zero attached hydrogens (tertiary/aromatic N) is 5. The summed E-state index contributed by atoms with van der Waals surface area (Å²) in [5.41, 5.74) is 0.968. The average Bonchev–Trinajstić information content (AvgIpc) is 3.44. The fourth-order valence-electron chi connectivity index (χ4n) is 4.80. The Hall–Kier alpha value is -4.00. The predicted octanol–water partition coefficient (Wildman–Crippen LogP) is 4.82. The van der Waals surface area contributed by atoms with Crippen LogP contribution in [0.25, 0.3) is 28.1 Å². The minimum absolute atomic E-state index is 0.0475. The number of hydrogen-bond donors (Lipinski definition) is 2. The molecule has 0 bridgehead atoms. The number of pyridine rings is 2. The zero-order valence-corrected chi connectivity index (χ0v) is 20.4. The van der Waals surface area contributed by atoms with Gasteiger partial charge in [-0.2, -0.15) is 13.2 Å². The van der Waals surface area contributed by atoms with Crippen LogP contribution in [0, 0.1) is 5.82 Å². The molecule has 0 radical (unpaired) electrons. The molecule has 0 aliphatic carbocycles. The molecular formula is C25H24F4N6O3. The maximum Gasteiger partial charge on any atom is 0.408 e. The van der Waals surface area contributed by atoms with E-state index in [9.17, 15) is 22.4 Å². The number of halogens is 4. The van der Waals surface area contributed by atoms with Gasteiger partial charge in [-0.1, -0.05) is 12.1 Å². The maximum atomic E-state index is 14.3. The molecule has 1 fully saturated rings. The Morgan fingerprint density at radius 1 is 1.18 bits per heavy atom. The highest BCUT2D eigenvalue weighted by Crippen LogP contribution is 2.40. The molecule has 4 heterocycles. The van der Waals surface area contributed by atoms with Crippen LogP contribution in [0.3, 0.4) is 0 Å². The molecule has 1 saturated heterocycles. The van der Waals surface area contributed by atoms with Gasteiger partial charge in [-0.15, -0.1) is 10.2 Å². The Bertz CT molecular complexity index is 1510. The van der Waals surface area contributed by atoms with Gasteiger partial charge >= 0.3 is 12.3 Å². The fraction of sp³-hybridized carbons (Fsp3) is 0.360. The summed E-state index contributed by atoms with van der Waals surface area (Å²) < 4.78 is 64.1. The van der Waals surface area contributed by atoms with Crippen molar-refractivity contribution in [3.63, 3.8) is 0 Å². The number of hydrogen-bond acceptors (Lipinski definition) is 6. The molecule has 1 aromatic carbocycles. The summed E-state index contributed by atoms with van der Waals surface area (Å²) in [6.45, 7) is 3.59. The van der Waals surface area contributed by atoms with E-state index in [1.54, 1.807) is 26.0 Å². The smallest absolute Gasteiger partial charge is 0.408 e. The number of aromatic nitrogens is 4. The highest BCUT2D eigenvalue weighted by atomic mass is 19.4. The zero-order chi connectivity index (χ0) is 27.2. The quantitative estimate of drug-likeness (QED) is 0.343. The number of likely N-dealkylation sites (tertiary alicyclic amines) is 1. The highest BCUT2D eigenvalue weighted by Gasteiger charge is 2.47. The van der Waals surface area contributed by atoms with Crippen LogP contribution in [0.15, 0.2) is 42.6 Å². The number of alkyl halides is 3. The Kier molecular flexibility index (Phi) is 6.55. The second-order valence-corrected chi connectivity index (χ2v) is 9.43. The van der Waals surface area contributed by atoms with Gasteiger partial charge in [0, 0.05) is 36.8 Å². The third-order valence-electron chi connectivity index (χ3n) is 6.28. The standard InChI is InChI=1S/C25H24F4N6O3/c1-13(2)38-19-10-16(26)9-14-3-5-18(31-21(14)19)23-33-32-20-6-4-15(11-35(20)23)22(25(27,28)29)34-8-7-17(12-34)30-24(36)37/h3-6,9-11,13,17,22,30H,7-8,12H2,1-2H3,(H,36,37)/t17-,22+/m0/s1. The topological polar surface area (TPSA) is 105 Å². The summed E-state index contributed by atoms with van der Waals surface area (Å²) in [4.78, 5) is 16.8. The number of ether oxygens (including phenoxy) is 1. The lowest BCUT2D eigenvalue weighted by atomic mass is 10.1. The molecule has 200 valence electrons. The first-order valence-electron chi connectivity index (χ1n) is 11.9. The number of benzene rings is 1. The van der Waals surface area contributed by atoms with Crippen LogP contribution in [-0.4, -0.2) is 67.1 Å². The largest absolute Gasteiger partial charge is 0.489 e. The first kappa shape index (κ1) is 25.6. The lowest BCUT2D eigenvalue weighted by Crippen LogP contribution is -2.40. The Labute approximate surface area is 214 Å². The number of fused-ring (bicyclic) bond motifs is 2. The van der Waals surface area contributed by atoms with Gasteiger partial charge in [-0.05, 0) is 44.0 Å². The van der Waals surface area contributed by atoms with Crippen molar-refractivity contribution in [3.8, 4) is 17.3 Å². The van der Waals surface area contributed by atoms with Gasteiger partial charge in [0.25, 0.3) is 0 Å². The van der Waals surface area contributed by atoms with Crippen LogP contribution in [0.1, 0.15) is 31.9 Å². The summed E-state index contributed by atoms with van der Waals surface area (Å²) in [6, 6.07) is 6.00. The van der Waals surface area contributed by atoms with E-state index >= 15 is 0 Å². The van der Waals surface area contributed by atoms with Gasteiger partial charge in [-0.3, -0.25) is 9.30 Å². The van der Waals surface area contributed by atoms with Crippen molar-refractivity contribution in [2.45, 2.75) is 44.6 Å². The molecule has 5 rings (SSSR count). The lowest BCUT2D eigenvalue weighted by molar-refractivity contribution is -0.184. The van der Waals surface area contributed by atoms with E-state index in [0.29, 0.717) is 22.2 Å². The molecule has 9 nitrogen and oxygen atoms in total. The van der Waals surface area contributed by atoms with Crippen molar-refractivity contribution < 1.29 is 32.2 Å². The van der Waals surface area contributed by atoms with Crippen molar-refractivity contribution in [1.82, 2.24) is 29.8 Å². The monoisotopic (exact) mass is 532 g/mol. The number of amides is 1. The highest BCUT2D eigenvalue weighted by molar-refractivity contribution is 5.86. The zero-order valence-electron chi connectivity index (χ0n) is 20.4. The van der Waals surface area contributed by atoms with Crippen molar-refractivity contribution in [2.75, 3.05) is 13.1 Å². The number of carbonyl (C=O) groups is 1. The second kappa shape index (κ2) is 9.71. The van der Waals surface area contributed by atoms with Crippen molar-refractivity contribution in [2.24, 2.45) is 0 Å². The third kappa shape index (κ3) is 5.05. The molecule has 0 saturated carbocycles. The molecule has 3 aromatic heterocycles. The van der Waals surface area contributed by atoms with E-state index in [0.717, 1.165) is 0 Å². The van der Waals surface area contributed by atoms with Crippen LogP contribution in [-0.2, 0) is 0 Å². The normalized spacial score (nSPS) is 17.4. The Morgan fingerprint density at radius 3 is 2.68 bits per heavy atom. The van der Waals surface area contributed by atoms with Crippen molar-refractivity contribution in [1.29, 1.82) is 0 Å². The molecule has 1 aliphatic heterocycles. The molecule has 2 atom stereocenters. The Morgan fingerprint density at radius 2 is 1.97 bits per heavy atom. The van der Waals surface area contributed by atoms with Crippen LogP contribution in [0.5, 0.6) is 5.75 Å². The van der Waals surface area contributed by atoms with Gasteiger partial charge in [0.15, 0.2) is 11.5 Å². The van der Waals surface area contributed by atoms with E-state index in [4.69, 9.17) is 9.84 Å². The molecule has 1 amide bonds. The number of nitrogens with one attached hydrogen (secondary N) is 1. The van der Waals surface area contributed by atoms with Crippen LogP contribution >= 0.6 is 0 Å². The SMILES string of the molecule is CC(C)Oc1cc(F)cc2ccc(-c3nnc4ccc([C@@H](N5CC[C@H](NC(=O)O)C5)C(F)(F)F)cn34)nc12. The van der Waals surface area contributed by atoms with Crippen LogP contribution in [0.2, 0.25) is 0 Å². The molecule has 0 unspecified atom stereocenters. The lowest BCUT2D eigenvalue weighted by Gasteiger charge is -2.30. The molecule has 1 aliphatic rings.